The third-order valence-electron chi connectivity index (χ3n) is 6.07. The molecule has 0 bridgehead atoms. The molecule has 0 aromatic heterocycles. The van der Waals surface area contributed by atoms with Crippen LogP contribution in [0.3, 0.4) is 0 Å². The maximum Gasteiger partial charge on any atom is 0.187 e. The molecule has 3 rings (SSSR count). The third-order valence-corrected chi connectivity index (χ3v) is 6.07. The summed E-state index contributed by atoms with van der Waals surface area (Å²) in [5.74, 6) is 0. The van der Waals surface area contributed by atoms with E-state index in [0.29, 0.717) is 0 Å². The van der Waals surface area contributed by atoms with Gasteiger partial charge in [-0.25, -0.2) is 0 Å². The summed E-state index contributed by atoms with van der Waals surface area (Å²) in [5, 5.41) is 109. The van der Waals surface area contributed by atoms with Gasteiger partial charge < -0.3 is 79.9 Å². The van der Waals surface area contributed by atoms with Crippen molar-refractivity contribution < 1.29 is 79.9 Å². The molecule has 3 aliphatic heterocycles. The molecular formula is C18H32O16. The van der Waals surface area contributed by atoms with E-state index in [2.05, 4.69) is 0 Å². The fraction of sp³-hybridized carbons (Fsp3) is 1.00. The molecule has 15 atom stereocenters. The van der Waals surface area contributed by atoms with Gasteiger partial charge in [-0.2, -0.15) is 0 Å². The van der Waals surface area contributed by atoms with Crippen LogP contribution in [0.2, 0.25) is 0 Å². The van der Waals surface area contributed by atoms with Gasteiger partial charge in [0.25, 0.3) is 0 Å². The normalized spacial score (nSPS) is 52.5. The van der Waals surface area contributed by atoms with Crippen LogP contribution < -0.4 is 0 Å². The van der Waals surface area contributed by atoms with Crippen LogP contribution >= 0.6 is 0 Å². The Kier molecular flexibility index (Phi) is 9.54. The topological polar surface area (TPSA) is 269 Å². The zero-order valence-corrected chi connectivity index (χ0v) is 17.7. The van der Waals surface area contributed by atoms with Crippen LogP contribution in [0.15, 0.2) is 0 Å². The molecule has 3 fully saturated rings. The molecule has 16 nitrogen and oxygen atoms in total. The van der Waals surface area contributed by atoms with Gasteiger partial charge in [0.15, 0.2) is 18.9 Å². The molecule has 0 aromatic rings. The first-order chi connectivity index (χ1) is 16.0. The predicted octanol–water partition coefficient (Wildman–Crippen LogP) is -7.57. The Morgan fingerprint density at radius 2 is 1.00 bits per heavy atom. The van der Waals surface area contributed by atoms with Gasteiger partial charge in [-0.05, 0) is 0 Å². The summed E-state index contributed by atoms with van der Waals surface area (Å²) in [6.07, 6.45) is -24.9. The van der Waals surface area contributed by atoms with E-state index < -0.39 is 112 Å². The Morgan fingerprint density at radius 1 is 0.500 bits per heavy atom. The highest BCUT2D eigenvalue weighted by atomic mass is 16.7. The summed E-state index contributed by atoms with van der Waals surface area (Å²) in [6.45, 7) is -2.06. The highest BCUT2D eigenvalue weighted by molar-refractivity contribution is 4.94. The Labute approximate surface area is 192 Å². The average molecular weight is 504 g/mol. The van der Waals surface area contributed by atoms with Crippen molar-refractivity contribution in [3.8, 4) is 0 Å². The van der Waals surface area contributed by atoms with Crippen LogP contribution in [0, 0.1) is 0 Å². The average Bonchev–Trinajstić information content (AvgIpc) is 2.82. The Hall–Kier alpha value is -0.640. The van der Waals surface area contributed by atoms with Crippen molar-refractivity contribution in [3.63, 3.8) is 0 Å². The summed E-state index contributed by atoms with van der Waals surface area (Å²) in [5.41, 5.74) is 0. The second-order valence-corrected chi connectivity index (χ2v) is 8.37. The zero-order chi connectivity index (χ0) is 25.3. The molecule has 3 saturated heterocycles. The lowest BCUT2D eigenvalue weighted by Crippen LogP contribution is -2.65. The standard InChI is InChI=1S/C18H32O16/c19-1-4-7(21)10(24)12(26)17(32-4)30-3-6-9(23)15(14(28)16(29)31-6)34-18-13(27)11(25)8(22)5(2-20)33-18/h4-29H,1-3H2/t4-,5-,6-,7-,8+,9-,10+,11+,12+,13-,14+,15+,16?,17+,18+/m1/s1. The summed E-state index contributed by atoms with van der Waals surface area (Å²) in [4.78, 5) is 0. The monoisotopic (exact) mass is 504 g/mol. The molecule has 3 heterocycles. The number of aliphatic hydroxyl groups excluding tert-OH is 11. The molecule has 0 aromatic carbocycles. The lowest BCUT2D eigenvalue weighted by molar-refractivity contribution is -0.361. The largest absolute Gasteiger partial charge is 0.394 e. The van der Waals surface area contributed by atoms with Gasteiger partial charge in [0.1, 0.15) is 73.2 Å². The molecule has 0 radical (unpaired) electrons. The smallest absolute Gasteiger partial charge is 0.187 e. The molecule has 34 heavy (non-hydrogen) atoms. The Morgan fingerprint density at radius 3 is 1.53 bits per heavy atom. The first-order valence-electron chi connectivity index (χ1n) is 10.6. The number of hydrogen-bond acceptors (Lipinski definition) is 16. The highest BCUT2D eigenvalue weighted by Crippen LogP contribution is 2.29. The molecule has 0 amide bonds. The lowest BCUT2D eigenvalue weighted by atomic mass is 9.97. The number of aliphatic hydroxyl groups is 11. The van der Waals surface area contributed by atoms with Crippen LogP contribution in [0.1, 0.15) is 0 Å². The zero-order valence-electron chi connectivity index (χ0n) is 17.7. The van der Waals surface area contributed by atoms with Crippen molar-refractivity contribution in [3.05, 3.63) is 0 Å². The van der Waals surface area contributed by atoms with Gasteiger partial charge in [0.05, 0.1) is 19.8 Å². The van der Waals surface area contributed by atoms with E-state index in [4.69, 9.17) is 23.7 Å². The van der Waals surface area contributed by atoms with Crippen LogP contribution in [0.25, 0.3) is 0 Å². The summed E-state index contributed by atoms with van der Waals surface area (Å²) < 4.78 is 26.1. The van der Waals surface area contributed by atoms with Gasteiger partial charge in [-0.15, -0.1) is 0 Å². The van der Waals surface area contributed by atoms with E-state index in [-0.39, 0.29) is 0 Å². The van der Waals surface area contributed by atoms with E-state index in [1.807, 2.05) is 0 Å². The molecule has 1 unspecified atom stereocenters. The second-order valence-electron chi connectivity index (χ2n) is 8.37. The molecule has 0 spiro atoms. The van der Waals surface area contributed by atoms with Crippen LogP contribution in [0.4, 0.5) is 0 Å². The van der Waals surface area contributed by atoms with E-state index in [1.165, 1.54) is 0 Å². The fourth-order valence-corrected chi connectivity index (χ4v) is 3.94. The summed E-state index contributed by atoms with van der Waals surface area (Å²) in [6, 6.07) is 0. The minimum absolute atomic E-state index is 0.609. The molecule has 0 saturated carbocycles. The van der Waals surface area contributed by atoms with Crippen molar-refractivity contribution in [1.82, 2.24) is 0 Å². The number of rotatable bonds is 7. The van der Waals surface area contributed by atoms with E-state index in [1.54, 1.807) is 0 Å². The lowest BCUT2D eigenvalue weighted by Gasteiger charge is -2.45. The maximum absolute atomic E-state index is 10.6. The van der Waals surface area contributed by atoms with Crippen molar-refractivity contribution in [2.24, 2.45) is 0 Å². The quantitative estimate of drug-likeness (QED) is 0.154. The molecule has 0 aliphatic carbocycles. The minimum Gasteiger partial charge on any atom is -0.394 e. The van der Waals surface area contributed by atoms with E-state index in [9.17, 15) is 56.2 Å². The third kappa shape index (κ3) is 5.52. The van der Waals surface area contributed by atoms with Crippen molar-refractivity contribution in [2.75, 3.05) is 19.8 Å². The summed E-state index contributed by atoms with van der Waals surface area (Å²) in [7, 11) is 0. The second kappa shape index (κ2) is 11.6. The fourth-order valence-electron chi connectivity index (χ4n) is 3.94. The van der Waals surface area contributed by atoms with Crippen LogP contribution in [-0.4, -0.2) is 168 Å². The maximum atomic E-state index is 10.6. The first kappa shape index (κ1) is 27.9. The number of ether oxygens (including phenoxy) is 5. The Balaban J connectivity index is 1.65. The summed E-state index contributed by atoms with van der Waals surface area (Å²) >= 11 is 0. The molecule has 200 valence electrons. The van der Waals surface area contributed by atoms with Crippen molar-refractivity contribution in [1.29, 1.82) is 0 Å². The molecule has 11 N–H and O–H groups in total. The predicted molar refractivity (Wildman–Crippen MR) is 101 cm³/mol. The van der Waals surface area contributed by atoms with Gasteiger partial charge >= 0.3 is 0 Å². The van der Waals surface area contributed by atoms with Gasteiger partial charge in [-0.3, -0.25) is 0 Å². The molecule has 3 aliphatic rings. The van der Waals surface area contributed by atoms with E-state index in [0.717, 1.165) is 0 Å². The number of hydrogen-bond donors (Lipinski definition) is 11. The van der Waals surface area contributed by atoms with Crippen molar-refractivity contribution in [2.45, 2.75) is 92.1 Å². The van der Waals surface area contributed by atoms with Gasteiger partial charge in [0, 0.05) is 0 Å². The first-order valence-corrected chi connectivity index (χ1v) is 10.6. The van der Waals surface area contributed by atoms with E-state index >= 15 is 0 Å². The Bertz CT molecular complexity index is 637. The molecular weight excluding hydrogens is 472 g/mol. The van der Waals surface area contributed by atoms with Gasteiger partial charge in [-0.1, -0.05) is 0 Å². The molecule has 16 heteroatoms. The minimum atomic E-state index is -1.93. The van der Waals surface area contributed by atoms with Crippen molar-refractivity contribution >= 4 is 0 Å². The van der Waals surface area contributed by atoms with Gasteiger partial charge in [0.2, 0.25) is 0 Å². The van der Waals surface area contributed by atoms with Crippen LogP contribution in [-0.2, 0) is 23.7 Å². The highest BCUT2D eigenvalue weighted by Gasteiger charge is 2.51. The van der Waals surface area contributed by atoms with Crippen LogP contribution in [0.5, 0.6) is 0 Å². The SMILES string of the molecule is OC[C@H]1O[C@@H](O[C@H]2[C@H](O)[C@@H](CO[C@H]3O[C@H](CO)[C@@H](O)[C@H](O)[C@@H]3O)OC(O)[C@H]2O)[C@H](O)[C@@H](O)[C@H]1O.